The molecule has 1 amide bonds. The van der Waals surface area contributed by atoms with E-state index >= 15 is 0 Å². The molecule has 2 heterocycles. The standard InChI is InChI=1S/C12H22N2O4S/c1-3-14-11(15)4-7-13(19(2,16)17)10-12(14)5-8-18-9-6-12/h3-10H2,1-2H3. The molecule has 110 valence electrons. The molecular formula is C12H22N2O4S. The zero-order chi connectivity index (χ0) is 14.1. The van der Waals surface area contributed by atoms with E-state index in [1.807, 2.05) is 11.8 Å². The summed E-state index contributed by atoms with van der Waals surface area (Å²) in [6.07, 6.45) is 2.90. The van der Waals surface area contributed by atoms with Crippen LogP contribution in [-0.4, -0.2) is 68.2 Å². The number of nitrogens with zero attached hydrogens (tertiary/aromatic N) is 2. The first-order chi connectivity index (χ1) is 8.89. The van der Waals surface area contributed by atoms with Crippen LogP contribution >= 0.6 is 0 Å². The minimum atomic E-state index is -3.27. The lowest BCUT2D eigenvalue weighted by molar-refractivity contribution is -0.139. The molecule has 0 atom stereocenters. The molecule has 0 aromatic rings. The van der Waals surface area contributed by atoms with Crippen molar-refractivity contribution in [2.45, 2.75) is 31.7 Å². The van der Waals surface area contributed by atoms with Gasteiger partial charge in [-0.15, -0.1) is 0 Å². The van der Waals surface area contributed by atoms with Crippen molar-refractivity contribution in [1.29, 1.82) is 0 Å². The summed E-state index contributed by atoms with van der Waals surface area (Å²) in [6, 6.07) is 0. The Labute approximate surface area is 114 Å². The third-order valence-corrected chi connectivity index (χ3v) is 5.38. The van der Waals surface area contributed by atoms with E-state index in [9.17, 15) is 13.2 Å². The van der Waals surface area contributed by atoms with Crippen LogP contribution in [0.1, 0.15) is 26.2 Å². The van der Waals surface area contributed by atoms with Gasteiger partial charge in [0.25, 0.3) is 0 Å². The molecule has 2 saturated heterocycles. The second kappa shape index (κ2) is 5.38. The maximum absolute atomic E-state index is 12.3. The van der Waals surface area contributed by atoms with Gasteiger partial charge in [-0.3, -0.25) is 4.79 Å². The van der Waals surface area contributed by atoms with Crippen molar-refractivity contribution >= 4 is 15.9 Å². The van der Waals surface area contributed by atoms with Gasteiger partial charge < -0.3 is 9.64 Å². The lowest BCUT2D eigenvalue weighted by Gasteiger charge is -2.46. The average Bonchev–Trinajstić information content (AvgIpc) is 2.47. The topological polar surface area (TPSA) is 66.9 Å². The summed E-state index contributed by atoms with van der Waals surface area (Å²) in [5.41, 5.74) is -0.385. The Morgan fingerprint density at radius 2 is 1.95 bits per heavy atom. The molecule has 19 heavy (non-hydrogen) atoms. The normalized spacial score (nSPS) is 25.6. The van der Waals surface area contributed by atoms with Crippen molar-refractivity contribution in [2.75, 3.05) is 39.1 Å². The molecule has 0 bridgehead atoms. The van der Waals surface area contributed by atoms with Crippen LogP contribution in [0.4, 0.5) is 0 Å². The number of hydrogen-bond acceptors (Lipinski definition) is 4. The first-order valence-corrected chi connectivity index (χ1v) is 8.57. The Balaban J connectivity index is 2.35. The Morgan fingerprint density at radius 1 is 1.32 bits per heavy atom. The zero-order valence-electron chi connectivity index (χ0n) is 11.6. The highest BCUT2D eigenvalue weighted by molar-refractivity contribution is 7.88. The third kappa shape index (κ3) is 2.93. The monoisotopic (exact) mass is 290 g/mol. The quantitative estimate of drug-likeness (QED) is 0.721. The smallest absolute Gasteiger partial charge is 0.224 e. The number of carbonyl (C=O) groups is 1. The molecule has 0 aliphatic carbocycles. The Bertz CT molecular complexity index is 443. The van der Waals surface area contributed by atoms with Gasteiger partial charge in [0, 0.05) is 39.3 Å². The summed E-state index contributed by atoms with van der Waals surface area (Å²) in [5, 5.41) is 0. The number of amides is 1. The SMILES string of the molecule is CCN1C(=O)CCN(S(C)(=O)=O)CC12CCOCC2. The van der Waals surface area contributed by atoms with Crippen LogP contribution in [0.5, 0.6) is 0 Å². The van der Waals surface area contributed by atoms with Gasteiger partial charge in [-0.05, 0) is 19.8 Å². The first-order valence-electron chi connectivity index (χ1n) is 6.72. The fourth-order valence-corrected chi connectivity index (χ4v) is 3.98. The van der Waals surface area contributed by atoms with E-state index in [-0.39, 0.29) is 24.4 Å². The van der Waals surface area contributed by atoms with Crippen molar-refractivity contribution in [2.24, 2.45) is 0 Å². The maximum Gasteiger partial charge on any atom is 0.224 e. The lowest BCUT2D eigenvalue weighted by Crippen LogP contribution is -2.58. The van der Waals surface area contributed by atoms with Crippen molar-refractivity contribution in [3.8, 4) is 0 Å². The van der Waals surface area contributed by atoms with E-state index in [1.165, 1.54) is 10.6 Å². The van der Waals surface area contributed by atoms with E-state index in [4.69, 9.17) is 4.74 Å². The molecule has 0 saturated carbocycles. The van der Waals surface area contributed by atoms with E-state index in [1.54, 1.807) is 0 Å². The van der Waals surface area contributed by atoms with Crippen molar-refractivity contribution in [3.63, 3.8) is 0 Å². The van der Waals surface area contributed by atoms with Gasteiger partial charge in [-0.25, -0.2) is 8.42 Å². The molecule has 0 aromatic carbocycles. The Kier molecular flexibility index (Phi) is 4.17. The average molecular weight is 290 g/mol. The van der Waals surface area contributed by atoms with Gasteiger partial charge in [0.05, 0.1) is 11.8 Å². The number of rotatable bonds is 2. The molecule has 0 unspecified atom stereocenters. The van der Waals surface area contributed by atoms with Crippen LogP contribution in [0.3, 0.4) is 0 Å². The van der Waals surface area contributed by atoms with Crippen LogP contribution < -0.4 is 0 Å². The van der Waals surface area contributed by atoms with Crippen molar-refractivity contribution in [3.05, 3.63) is 0 Å². The summed E-state index contributed by atoms with van der Waals surface area (Å²) >= 11 is 0. The van der Waals surface area contributed by atoms with E-state index in [2.05, 4.69) is 0 Å². The number of likely N-dealkylation sites (N-methyl/N-ethyl adjacent to an activating group) is 1. The molecule has 2 fully saturated rings. The minimum Gasteiger partial charge on any atom is -0.381 e. The summed E-state index contributed by atoms with van der Waals surface area (Å²) in [5.74, 6) is 0.0514. The summed E-state index contributed by atoms with van der Waals surface area (Å²) < 4.78 is 30.5. The first kappa shape index (κ1) is 14.7. The molecule has 0 aromatic heterocycles. The van der Waals surface area contributed by atoms with Gasteiger partial charge in [0.2, 0.25) is 15.9 Å². The van der Waals surface area contributed by atoms with Gasteiger partial charge in [-0.2, -0.15) is 4.31 Å². The fraction of sp³-hybridized carbons (Fsp3) is 0.917. The van der Waals surface area contributed by atoms with Crippen LogP contribution in [-0.2, 0) is 19.6 Å². The van der Waals surface area contributed by atoms with Crippen LogP contribution in [0.25, 0.3) is 0 Å². The number of carbonyl (C=O) groups excluding carboxylic acids is 1. The molecular weight excluding hydrogens is 268 g/mol. The Hall–Kier alpha value is -0.660. The van der Waals surface area contributed by atoms with Crippen LogP contribution in [0.15, 0.2) is 0 Å². The van der Waals surface area contributed by atoms with E-state index in [0.717, 1.165) is 0 Å². The third-order valence-electron chi connectivity index (χ3n) is 4.13. The fourth-order valence-electron chi connectivity index (χ4n) is 3.09. The zero-order valence-corrected chi connectivity index (χ0v) is 12.4. The summed E-state index contributed by atoms with van der Waals surface area (Å²) in [7, 11) is -3.27. The molecule has 1 spiro atoms. The van der Waals surface area contributed by atoms with Crippen molar-refractivity contribution in [1.82, 2.24) is 9.21 Å². The van der Waals surface area contributed by atoms with E-state index in [0.29, 0.717) is 39.1 Å². The molecule has 7 heteroatoms. The van der Waals surface area contributed by atoms with Gasteiger partial charge in [0.1, 0.15) is 0 Å². The molecule has 6 nitrogen and oxygen atoms in total. The summed E-state index contributed by atoms with van der Waals surface area (Å²) in [6.45, 7) is 4.43. The molecule has 0 N–H and O–H groups in total. The predicted molar refractivity (Wildman–Crippen MR) is 71.2 cm³/mol. The van der Waals surface area contributed by atoms with Gasteiger partial charge >= 0.3 is 0 Å². The largest absolute Gasteiger partial charge is 0.381 e. The minimum absolute atomic E-state index is 0.0514. The highest BCUT2D eigenvalue weighted by Gasteiger charge is 2.45. The number of sulfonamides is 1. The molecule has 2 aliphatic rings. The second-order valence-corrected chi connectivity index (χ2v) is 7.30. The predicted octanol–water partition coefficient (Wildman–Crippen LogP) is 0.0494. The number of hydrogen-bond donors (Lipinski definition) is 0. The highest BCUT2D eigenvalue weighted by atomic mass is 32.2. The molecule has 2 aliphatic heterocycles. The molecule has 2 rings (SSSR count). The van der Waals surface area contributed by atoms with Crippen molar-refractivity contribution < 1.29 is 17.9 Å². The lowest BCUT2D eigenvalue weighted by atomic mass is 9.88. The molecule has 0 radical (unpaired) electrons. The van der Waals surface area contributed by atoms with Gasteiger partial charge in [-0.1, -0.05) is 0 Å². The van der Waals surface area contributed by atoms with Crippen LogP contribution in [0.2, 0.25) is 0 Å². The number of ether oxygens (including phenoxy) is 1. The second-order valence-electron chi connectivity index (χ2n) is 5.32. The summed E-state index contributed by atoms with van der Waals surface area (Å²) in [4.78, 5) is 14.1. The van der Waals surface area contributed by atoms with E-state index < -0.39 is 10.0 Å². The Morgan fingerprint density at radius 3 is 2.47 bits per heavy atom. The van der Waals surface area contributed by atoms with Gasteiger partial charge in [0.15, 0.2) is 0 Å². The maximum atomic E-state index is 12.3. The highest BCUT2D eigenvalue weighted by Crippen LogP contribution is 2.32. The van der Waals surface area contributed by atoms with Crippen LogP contribution in [0, 0.1) is 0 Å².